The Morgan fingerprint density at radius 2 is 2.45 bits per heavy atom. The number of carbonyl (C=O) groups is 1. The molecule has 7 nitrogen and oxygen atoms in total. The van der Waals surface area contributed by atoms with E-state index in [0.717, 1.165) is 6.54 Å². The van der Waals surface area contributed by atoms with Crippen LogP contribution in [0.25, 0.3) is 11.5 Å². The first-order valence-electron chi connectivity index (χ1n) is 6.41. The van der Waals surface area contributed by atoms with Crippen LogP contribution in [0.4, 0.5) is 0 Å². The van der Waals surface area contributed by atoms with Crippen molar-refractivity contribution in [3.05, 3.63) is 30.2 Å². The number of hydrogen-bond acceptors (Lipinski definition) is 6. The minimum absolute atomic E-state index is 0.443. The molecule has 0 aromatic carbocycles. The van der Waals surface area contributed by atoms with Gasteiger partial charge in [-0.2, -0.15) is 0 Å². The zero-order valence-electron chi connectivity index (χ0n) is 10.8. The maximum Gasteiger partial charge on any atom is 0.322 e. The van der Waals surface area contributed by atoms with Crippen molar-refractivity contribution in [1.29, 1.82) is 0 Å². The van der Waals surface area contributed by atoms with Gasteiger partial charge in [0.25, 0.3) is 0 Å². The van der Waals surface area contributed by atoms with Gasteiger partial charge >= 0.3 is 5.97 Å². The second-order valence-electron chi connectivity index (χ2n) is 4.69. The van der Waals surface area contributed by atoms with Crippen LogP contribution in [0.1, 0.15) is 5.69 Å². The first-order valence-corrected chi connectivity index (χ1v) is 6.41. The van der Waals surface area contributed by atoms with Gasteiger partial charge in [0.1, 0.15) is 6.04 Å². The Bertz CT molecular complexity index is 578. The predicted molar refractivity (Wildman–Crippen MR) is 68.9 cm³/mol. The van der Waals surface area contributed by atoms with Crippen LogP contribution in [0.15, 0.2) is 33.4 Å². The molecule has 1 saturated heterocycles. The molecule has 1 aliphatic rings. The Kier molecular flexibility index (Phi) is 3.53. The normalized spacial score (nSPS) is 20.1. The molecule has 2 N–H and O–H groups in total. The van der Waals surface area contributed by atoms with E-state index in [9.17, 15) is 9.90 Å². The lowest BCUT2D eigenvalue weighted by Gasteiger charge is -2.32. The molecule has 1 aliphatic heterocycles. The fraction of sp³-hybridized carbons (Fsp3) is 0.385. The lowest BCUT2D eigenvalue weighted by Crippen LogP contribution is -2.54. The summed E-state index contributed by atoms with van der Waals surface area (Å²) < 4.78 is 10.4. The van der Waals surface area contributed by atoms with Crippen LogP contribution in [-0.2, 0) is 11.3 Å². The Hall–Kier alpha value is -2.12. The van der Waals surface area contributed by atoms with E-state index in [1.54, 1.807) is 24.5 Å². The zero-order chi connectivity index (χ0) is 13.9. The summed E-state index contributed by atoms with van der Waals surface area (Å²) in [7, 11) is 0. The van der Waals surface area contributed by atoms with E-state index in [4.69, 9.17) is 8.94 Å². The first kappa shape index (κ1) is 12.9. The van der Waals surface area contributed by atoms with Crippen molar-refractivity contribution in [3.8, 4) is 11.5 Å². The van der Waals surface area contributed by atoms with Crippen LogP contribution >= 0.6 is 0 Å². The third kappa shape index (κ3) is 2.59. The van der Waals surface area contributed by atoms with E-state index in [-0.39, 0.29) is 0 Å². The van der Waals surface area contributed by atoms with Crippen LogP contribution in [0.2, 0.25) is 0 Å². The molecule has 0 radical (unpaired) electrons. The molecule has 7 heteroatoms. The lowest BCUT2D eigenvalue weighted by molar-refractivity contribution is -0.144. The Morgan fingerprint density at radius 1 is 1.55 bits per heavy atom. The Labute approximate surface area is 115 Å². The van der Waals surface area contributed by atoms with E-state index in [1.165, 1.54) is 0 Å². The average molecular weight is 277 g/mol. The molecule has 3 heterocycles. The van der Waals surface area contributed by atoms with Gasteiger partial charge < -0.3 is 19.4 Å². The second kappa shape index (κ2) is 5.48. The van der Waals surface area contributed by atoms with Crippen LogP contribution in [0.5, 0.6) is 0 Å². The lowest BCUT2D eigenvalue weighted by atomic mass is 10.2. The summed E-state index contributed by atoms with van der Waals surface area (Å²) in [6, 6.07) is 4.80. The average Bonchev–Trinajstić information content (AvgIpc) is 3.09. The van der Waals surface area contributed by atoms with Crippen molar-refractivity contribution in [3.63, 3.8) is 0 Å². The number of nitrogens with zero attached hydrogens (tertiary/aromatic N) is 2. The predicted octanol–water partition coefficient (Wildman–Crippen LogP) is 0.793. The largest absolute Gasteiger partial charge is 0.480 e. The number of carboxylic acid groups (broad SMARTS) is 1. The molecule has 0 bridgehead atoms. The van der Waals surface area contributed by atoms with Gasteiger partial charge in [-0.1, -0.05) is 5.16 Å². The second-order valence-corrected chi connectivity index (χ2v) is 4.69. The van der Waals surface area contributed by atoms with Gasteiger partial charge in [0.05, 0.1) is 12.0 Å². The highest BCUT2D eigenvalue weighted by Crippen LogP contribution is 2.21. The van der Waals surface area contributed by atoms with E-state index in [1.807, 2.05) is 4.90 Å². The third-order valence-electron chi connectivity index (χ3n) is 3.33. The molecule has 2 aromatic heterocycles. The summed E-state index contributed by atoms with van der Waals surface area (Å²) in [5.74, 6) is 0.331. The van der Waals surface area contributed by atoms with E-state index >= 15 is 0 Å². The molecule has 1 fully saturated rings. The van der Waals surface area contributed by atoms with Crippen molar-refractivity contribution in [2.24, 2.45) is 0 Å². The van der Waals surface area contributed by atoms with E-state index in [2.05, 4.69) is 10.5 Å². The van der Waals surface area contributed by atoms with Crippen LogP contribution in [0, 0.1) is 0 Å². The van der Waals surface area contributed by atoms with Crippen molar-refractivity contribution in [2.45, 2.75) is 12.6 Å². The fourth-order valence-electron chi connectivity index (χ4n) is 2.31. The molecular formula is C13H15N3O4. The number of nitrogens with one attached hydrogen (secondary N) is 1. The number of furan rings is 1. The highest BCUT2D eigenvalue weighted by Gasteiger charge is 2.29. The summed E-state index contributed by atoms with van der Waals surface area (Å²) in [4.78, 5) is 13.1. The van der Waals surface area contributed by atoms with Crippen molar-refractivity contribution in [1.82, 2.24) is 15.4 Å². The monoisotopic (exact) mass is 277 g/mol. The number of aromatic nitrogens is 1. The molecule has 0 aliphatic carbocycles. The topological polar surface area (TPSA) is 91.7 Å². The first-order chi connectivity index (χ1) is 9.74. The van der Waals surface area contributed by atoms with Gasteiger partial charge in [-0.25, -0.2) is 0 Å². The number of piperazine rings is 1. The summed E-state index contributed by atoms with van der Waals surface area (Å²) in [6.45, 7) is 2.33. The molecule has 1 atom stereocenters. The highest BCUT2D eigenvalue weighted by molar-refractivity contribution is 5.74. The SMILES string of the molecule is O=C(O)C1CNCCN1Cc1cc(-c2ccco2)on1. The molecule has 0 saturated carbocycles. The van der Waals surface area contributed by atoms with Gasteiger partial charge in [-0.3, -0.25) is 9.69 Å². The minimum atomic E-state index is -0.827. The van der Waals surface area contributed by atoms with Crippen molar-refractivity contribution >= 4 is 5.97 Å². The van der Waals surface area contributed by atoms with E-state index in [0.29, 0.717) is 36.8 Å². The summed E-state index contributed by atoms with van der Waals surface area (Å²) >= 11 is 0. The maximum atomic E-state index is 11.2. The fourth-order valence-corrected chi connectivity index (χ4v) is 2.31. The summed E-state index contributed by atoms with van der Waals surface area (Å²) in [5, 5.41) is 16.2. The number of hydrogen-bond donors (Lipinski definition) is 2. The van der Waals surface area contributed by atoms with Gasteiger partial charge in [-0.05, 0) is 12.1 Å². The molecule has 106 valence electrons. The van der Waals surface area contributed by atoms with Crippen LogP contribution in [-0.4, -0.2) is 46.8 Å². The standard InChI is InChI=1S/C13H15N3O4/c17-13(18)10-7-14-3-4-16(10)8-9-6-12(20-15-9)11-2-1-5-19-11/h1-2,5-6,10,14H,3-4,7-8H2,(H,17,18). The molecular weight excluding hydrogens is 262 g/mol. The number of aliphatic carboxylic acids is 1. The molecule has 3 rings (SSSR count). The summed E-state index contributed by atoms with van der Waals surface area (Å²) in [6.07, 6.45) is 1.56. The van der Waals surface area contributed by atoms with Crippen molar-refractivity contribution in [2.75, 3.05) is 19.6 Å². The van der Waals surface area contributed by atoms with Gasteiger partial charge in [0, 0.05) is 32.2 Å². The third-order valence-corrected chi connectivity index (χ3v) is 3.33. The number of carboxylic acids is 1. The summed E-state index contributed by atoms with van der Waals surface area (Å²) in [5.41, 5.74) is 0.699. The Morgan fingerprint density at radius 3 is 3.20 bits per heavy atom. The molecule has 1 unspecified atom stereocenters. The minimum Gasteiger partial charge on any atom is -0.480 e. The molecule has 0 amide bonds. The molecule has 2 aromatic rings. The van der Waals surface area contributed by atoms with E-state index < -0.39 is 12.0 Å². The van der Waals surface area contributed by atoms with Gasteiger partial charge in [0.15, 0.2) is 5.76 Å². The Balaban J connectivity index is 1.72. The number of rotatable bonds is 4. The van der Waals surface area contributed by atoms with Gasteiger partial charge in [-0.15, -0.1) is 0 Å². The molecule has 0 spiro atoms. The van der Waals surface area contributed by atoms with Gasteiger partial charge in [0.2, 0.25) is 5.76 Å². The van der Waals surface area contributed by atoms with Crippen LogP contribution < -0.4 is 5.32 Å². The molecule has 20 heavy (non-hydrogen) atoms. The van der Waals surface area contributed by atoms with Crippen LogP contribution in [0.3, 0.4) is 0 Å². The quantitative estimate of drug-likeness (QED) is 0.853. The highest BCUT2D eigenvalue weighted by atomic mass is 16.5. The van der Waals surface area contributed by atoms with Crippen molar-refractivity contribution < 1.29 is 18.8 Å². The smallest absolute Gasteiger partial charge is 0.322 e. The maximum absolute atomic E-state index is 11.2. The zero-order valence-corrected chi connectivity index (χ0v) is 10.8.